The summed E-state index contributed by atoms with van der Waals surface area (Å²) in [5.41, 5.74) is -0.643. The Bertz CT molecular complexity index is 520. The lowest BCUT2D eigenvalue weighted by Crippen LogP contribution is -2.33. The molecule has 1 aromatic rings. The maximum atomic E-state index is 11.6. The van der Waals surface area contributed by atoms with Crippen LogP contribution in [0.4, 0.5) is 0 Å². The molecule has 1 saturated heterocycles. The van der Waals surface area contributed by atoms with Crippen LogP contribution >= 0.6 is 0 Å². The van der Waals surface area contributed by atoms with Crippen molar-refractivity contribution in [2.75, 3.05) is 6.61 Å². The average Bonchev–Trinajstić information content (AvgIpc) is 2.65. The molecular weight excluding hydrogens is 229 g/mol. The maximum Gasteiger partial charge on any atom is 0.330 e. The third-order valence-electron chi connectivity index (χ3n) is 2.84. The summed E-state index contributed by atoms with van der Waals surface area (Å²) in [5, 5.41) is 18.5. The quantitative estimate of drug-likeness (QED) is 0.547. The molecule has 1 aliphatic heterocycles. The van der Waals surface area contributed by atoms with Gasteiger partial charge in [-0.1, -0.05) is 0 Å². The molecule has 0 radical (unpaired) electrons. The van der Waals surface area contributed by atoms with E-state index < -0.39 is 29.7 Å². The van der Waals surface area contributed by atoms with E-state index in [0.717, 1.165) is 0 Å². The fraction of sp³-hybridized carbons (Fsp3) is 0.600. The van der Waals surface area contributed by atoms with Gasteiger partial charge >= 0.3 is 5.69 Å². The smallest absolute Gasteiger partial charge is 0.330 e. The largest absolute Gasteiger partial charge is 0.394 e. The van der Waals surface area contributed by atoms with Crippen LogP contribution in [-0.2, 0) is 4.74 Å². The maximum absolute atomic E-state index is 11.6. The standard InChI is InChI=1S/C10H14N2O5/c1-5-3-12(10(16)11-9(5)15)8-2-6(14)7(4-13)17-8/h3,6-8,13-14H,2,4H2,1H3,(H,11,15,16)/t6-,7+,8+/m0/s1/i4+1. The molecule has 3 N–H and O–H groups in total. The monoisotopic (exact) mass is 243 g/mol. The Morgan fingerprint density at radius 1 is 1.59 bits per heavy atom. The SMILES string of the molecule is Cc1cn([C@H]2C[C@H](O)[C@@H]([13CH2]O)O2)c(=O)[nH]c1=O. The summed E-state index contributed by atoms with van der Waals surface area (Å²) < 4.78 is 6.54. The number of nitrogens with one attached hydrogen (secondary N) is 1. The Balaban J connectivity index is 2.34. The van der Waals surface area contributed by atoms with Crippen LogP contribution < -0.4 is 11.2 Å². The Morgan fingerprint density at radius 2 is 2.29 bits per heavy atom. The minimum atomic E-state index is -0.816. The third kappa shape index (κ3) is 2.17. The second kappa shape index (κ2) is 4.44. The lowest BCUT2D eigenvalue weighted by atomic mass is 10.2. The molecule has 7 nitrogen and oxygen atoms in total. The zero-order valence-electron chi connectivity index (χ0n) is 9.29. The fourth-order valence-corrected chi connectivity index (χ4v) is 1.85. The number of aliphatic hydroxyl groups is 2. The molecule has 1 fully saturated rings. The normalized spacial score (nSPS) is 28.5. The van der Waals surface area contributed by atoms with Gasteiger partial charge in [0.15, 0.2) is 0 Å². The van der Waals surface area contributed by atoms with Crippen molar-refractivity contribution in [1.82, 2.24) is 9.55 Å². The molecular formula is C10H14N2O5. The number of hydrogen-bond acceptors (Lipinski definition) is 5. The summed E-state index contributed by atoms with van der Waals surface area (Å²) in [7, 11) is 0. The lowest BCUT2D eigenvalue weighted by Gasteiger charge is -2.14. The number of ether oxygens (including phenoxy) is 1. The van der Waals surface area contributed by atoms with Gasteiger partial charge in [0.1, 0.15) is 12.3 Å². The van der Waals surface area contributed by atoms with Crippen LogP contribution in [0, 0.1) is 6.92 Å². The van der Waals surface area contributed by atoms with E-state index in [1.54, 1.807) is 6.92 Å². The molecule has 0 spiro atoms. The van der Waals surface area contributed by atoms with Crippen molar-refractivity contribution in [2.45, 2.75) is 31.8 Å². The van der Waals surface area contributed by atoms with E-state index in [4.69, 9.17) is 9.84 Å². The van der Waals surface area contributed by atoms with Crippen molar-refractivity contribution < 1.29 is 14.9 Å². The number of aromatic nitrogens is 2. The van der Waals surface area contributed by atoms with Gasteiger partial charge < -0.3 is 14.9 Å². The van der Waals surface area contributed by atoms with Crippen LogP contribution in [0.5, 0.6) is 0 Å². The van der Waals surface area contributed by atoms with Gasteiger partial charge in [-0.15, -0.1) is 0 Å². The summed E-state index contributed by atoms with van der Waals surface area (Å²) in [5.74, 6) is 0. The van der Waals surface area contributed by atoms with Gasteiger partial charge in [-0.25, -0.2) is 4.79 Å². The van der Waals surface area contributed by atoms with Crippen LogP contribution in [-0.4, -0.2) is 38.6 Å². The van der Waals surface area contributed by atoms with Gasteiger partial charge in [-0.2, -0.15) is 0 Å². The van der Waals surface area contributed by atoms with Crippen molar-refractivity contribution in [2.24, 2.45) is 0 Å². The first-order valence-electron chi connectivity index (χ1n) is 5.29. The van der Waals surface area contributed by atoms with Crippen LogP contribution in [0.1, 0.15) is 18.2 Å². The van der Waals surface area contributed by atoms with Gasteiger partial charge in [0, 0.05) is 18.2 Å². The van der Waals surface area contributed by atoms with Crippen molar-refractivity contribution in [3.8, 4) is 0 Å². The third-order valence-corrected chi connectivity index (χ3v) is 2.84. The molecule has 0 aromatic carbocycles. The highest BCUT2D eigenvalue weighted by molar-refractivity contribution is 5.02. The number of aliphatic hydroxyl groups excluding tert-OH is 2. The number of aryl methyl sites for hydroxylation is 1. The van der Waals surface area contributed by atoms with E-state index >= 15 is 0 Å². The topological polar surface area (TPSA) is 105 Å². The molecule has 0 amide bonds. The van der Waals surface area contributed by atoms with Crippen molar-refractivity contribution in [3.63, 3.8) is 0 Å². The van der Waals surface area contributed by atoms with Gasteiger partial charge in [0.05, 0.1) is 12.7 Å². The lowest BCUT2D eigenvalue weighted by molar-refractivity contribution is -0.0459. The van der Waals surface area contributed by atoms with Gasteiger partial charge in [-0.05, 0) is 6.92 Å². The predicted octanol–water partition coefficient (Wildman–Crippen LogP) is -1.51. The molecule has 0 aliphatic carbocycles. The second-order valence-electron chi connectivity index (χ2n) is 4.09. The molecule has 3 atom stereocenters. The zero-order chi connectivity index (χ0) is 12.6. The highest BCUT2D eigenvalue weighted by atomic mass is 16.6. The average molecular weight is 243 g/mol. The van der Waals surface area contributed by atoms with Crippen LogP contribution in [0.25, 0.3) is 0 Å². The Hall–Kier alpha value is -1.44. The summed E-state index contributed by atoms with van der Waals surface area (Å²) >= 11 is 0. The number of hydrogen-bond donors (Lipinski definition) is 3. The van der Waals surface area contributed by atoms with E-state index in [0.29, 0.717) is 5.56 Å². The first kappa shape index (κ1) is 12.0. The predicted molar refractivity (Wildman–Crippen MR) is 57.7 cm³/mol. The van der Waals surface area contributed by atoms with Crippen molar-refractivity contribution in [3.05, 3.63) is 32.6 Å². The summed E-state index contributed by atoms with van der Waals surface area (Å²) in [4.78, 5) is 24.9. The van der Waals surface area contributed by atoms with Crippen molar-refractivity contribution in [1.29, 1.82) is 0 Å². The zero-order valence-corrected chi connectivity index (χ0v) is 9.29. The summed E-state index contributed by atoms with van der Waals surface area (Å²) in [6, 6.07) is 0. The molecule has 17 heavy (non-hydrogen) atoms. The van der Waals surface area contributed by atoms with Crippen molar-refractivity contribution >= 4 is 0 Å². The van der Waals surface area contributed by atoms with E-state index in [1.807, 2.05) is 0 Å². The number of H-pyrrole nitrogens is 1. The highest BCUT2D eigenvalue weighted by Gasteiger charge is 2.34. The number of aromatic amines is 1. The minimum absolute atomic E-state index is 0.205. The van der Waals surface area contributed by atoms with Gasteiger partial charge in [-0.3, -0.25) is 14.3 Å². The number of nitrogens with zero attached hydrogens (tertiary/aromatic N) is 1. The molecule has 0 saturated carbocycles. The Kier molecular flexibility index (Phi) is 3.14. The van der Waals surface area contributed by atoms with E-state index in [2.05, 4.69) is 4.98 Å². The molecule has 0 bridgehead atoms. The molecule has 1 aromatic heterocycles. The van der Waals surface area contributed by atoms with E-state index in [1.165, 1.54) is 10.8 Å². The minimum Gasteiger partial charge on any atom is -0.394 e. The first-order chi connectivity index (χ1) is 8.02. The molecule has 2 rings (SSSR count). The van der Waals surface area contributed by atoms with E-state index in [9.17, 15) is 14.7 Å². The Morgan fingerprint density at radius 3 is 2.88 bits per heavy atom. The number of rotatable bonds is 2. The Labute approximate surface area is 96.3 Å². The summed E-state index contributed by atoms with van der Waals surface area (Å²) in [6.45, 7) is 1.26. The van der Waals surface area contributed by atoms with Crippen LogP contribution in [0.3, 0.4) is 0 Å². The van der Waals surface area contributed by atoms with Gasteiger partial charge in [0.25, 0.3) is 5.56 Å². The molecule has 94 valence electrons. The molecule has 7 heteroatoms. The fourth-order valence-electron chi connectivity index (χ4n) is 1.85. The second-order valence-corrected chi connectivity index (χ2v) is 4.09. The van der Waals surface area contributed by atoms with Crippen LogP contribution in [0.15, 0.2) is 15.8 Å². The first-order valence-corrected chi connectivity index (χ1v) is 5.29. The van der Waals surface area contributed by atoms with E-state index in [-0.39, 0.29) is 13.0 Å². The van der Waals surface area contributed by atoms with Gasteiger partial charge in [0.2, 0.25) is 0 Å². The molecule has 1 aliphatic rings. The highest BCUT2D eigenvalue weighted by Crippen LogP contribution is 2.27. The van der Waals surface area contributed by atoms with Crippen LogP contribution in [0.2, 0.25) is 0 Å². The molecule has 0 unspecified atom stereocenters. The summed E-state index contributed by atoms with van der Waals surface area (Å²) in [6.07, 6.45) is -0.581. The molecule has 2 heterocycles.